The highest BCUT2D eigenvalue weighted by atomic mass is 16.5. The fourth-order valence-electron chi connectivity index (χ4n) is 4.17. The van der Waals surface area contributed by atoms with Gasteiger partial charge >= 0.3 is 0 Å². The molecule has 7 heteroatoms. The summed E-state index contributed by atoms with van der Waals surface area (Å²) < 4.78 is 5.67. The topological polar surface area (TPSA) is 73.9 Å². The van der Waals surface area contributed by atoms with Gasteiger partial charge in [-0.1, -0.05) is 13.8 Å². The van der Waals surface area contributed by atoms with Crippen LogP contribution in [0.4, 0.5) is 11.4 Å². The Morgan fingerprint density at radius 3 is 2.56 bits per heavy atom. The maximum absolute atomic E-state index is 12.6. The molecule has 32 heavy (non-hydrogen) atoms. The highest BCUT2D eigenvalue weighted by Crippen LogP contribution is 2.25. The zero-order valence-electron chi connectivity index (χ0n) is 18.8. The lowest BCUT2D eigenvalue weighted by Gasteiger charge is -2.32. The van der Waals surface area contributed by atoms with Crippen molar-refractivity contribution in [1.29, 1.82) is 0 Å². The smallest absolute Gasteiger partial charge is 0.255 e. The minimum Gasteiger partial charge on any atom is -0.493 e. The van der Waals surface area contributed by atoms with Gasteiger partial charge in [-0.25, -0.2) is 0 Å². The molecular weight excluding hydrogens is 404 g/mol. The van der Waals surface area contributed by atoms with Crippen LogP contribution in [-0.4, -0.2) is 62.1 Å². The summed E-state index contributed by atoms with van der Waals surface area (Å²) in [4.78, 5) is 28.9. The van der Waals surface area contributed by atoms with Gasteiger partial charge in [-0.3, -0.25) is 14.5 Å². The second-order valence-electron chi connectivity index (χ2n) is 8.94. The molecule has 2 fully saturated rings. The average Bonchev–Trinajstić information content (AvgIpc) is 3.29. The maximum atomic E-state index is 12.6. The molecule has 1 unspecified atom stereocenters. The number of anilines is 2. The molecule has 2 heterocycles. The molecule has 0 aromatic heterocycles. The zero-order valence-corrected chi connectivity index (χ0v) is 18.8. The summed E-state index contributed by atoms with van der Waals surface area (Å²) >= 11 is 0. The van der Waals surface area contributed by atoms with Crippen molar-refractivity contribution in [3.63, 3.8) is 0 Å². The van der Waals surface area contributed by atoms with Crippen molar-refractivity contribution in [2.45, 2.75) is 26.3 Å². The van der Waals surface area contributed by atoms with E-state index in [9.17, 15) is 9.59 Å². The molecule has 4 rings (SSSR count). The van der Waals surface area contributed by atoms with Gasteiger partial charge < -0.3 is 20.3 Å². The van der Waals surface area contributed by atoms with Crippen LogP contribution in [0.25, 0.3) is 0 Å². The summed E-state index contributed by atoms with van der Waals surface area (Å²) in [6.45, 7) is 8.90. The minimum absolute atomic E-state index is 0.118. The van der Waals surface area contributed by atoms with E-state index in [-0.39, 0.29) is 11.8 Å². The maximum Gasteiger partial charge on any atom is 0.255 e. The van der Waals surface area contributed by atoms with Crippen molar-refractivity contribution in [2.24, 2.45) is 5.92 Å². The molecule has 0 bridgehead atoms. The molecule has 170 valence electrons. The third-order valence-corrected chi connectivity index (χ3v) is 5.94. The standard InChI is InChI=1S/C25H32N4O3/c1-18(2)17-32-23-9-3-19(4-10-23)25(31)27-20-5-7-21(8-6-20)28-13-11-22(15-28)29-14-12-26-24(30)16-29/h3-10,18,22H,11-17H2,1-2H3,(H,26,30)(H,27,31). The van der Waals surface area contributed by atoms with Crippen molar-refractivity contribution in [2.75, 3.05) is 49.5 Å². The van der Waals surface area contributed by atoms with Gasteiger partial charge in [0.2, 0.25) is 5.91 Å². The van der Waals surface area contributed by atoms with Gasteiger partial charge in [-0.15, -0.1) is 0 Å². The number of rotatable bonds is 7. The Labute approximate surface area is 189 Å². The summed E-state index contributed by atoms with van der Waals surface area (Å²) in [6, 6.07) is 15.6. The summed E-state index contributed by atoms with van der Waals surface area (Å²) in [5.74, 6) is 1.21. The molecule has 2 aliphatic heterocycles. The summed E-state index contributed by atoms with van der Waals surface area (Å²) in [6.07, 6.45) is 1.06. The molecule has 2 saturated heterocycles. The van der Waals surface area contributed by atoms with Gasteiger partial charge in [-0.2, -0.15) is 0 Å². The van der Waals surface area contributed by atoms with E-state index in [2.05, 4.69) is 34.3 Å². The largest absolute Gasteiger partial charge is 0.493 e. The second-order valence-corrected chi connectivity index (χ2v) is 8.94. The second kappa shape index (κ2) is 10.0. The molecule has 0 saturated carbocycles. The fourth-order valence-corrected chi connectivity index (χ4v) is 4.17. The van der Waals surface area contributed by atoms with Crippen molar-refractivity contribution < 1.29 is 14.3 Å². The first-order valence-electron chi connectivity index (χ1n) is 11.4. The van der Waals surface area contributed by atoms with Gasteiger partial charge in [0.25, 0.3) is 5.91 Å². The Kier molecular flexibility index (Phi) is 6.95. The van der Waals surface area contributed by atoms with Crippen LogP contribution < -0.4 is 20.3 Å². The van der Waals surface area contributed by atoms with Crippen LogP contribution in [0.2, 0.25) is 0 Å². The third-order valence-electron chi connectivity index (χ3n) is 5.94. The van der Waals surface area contributed by atoms with Crippen molar-refractivity contribution in [1.82, 2.24) is 10.2 Å². The molecule has 1 atom stereocenters. The molecule has 2 aromatic rings. The Morgan fingerprint density at radius 2 is 1.88 bits per heavy atom. The highest BCUT2D eigenvalue weighted by molar-refractivity contribution is 6.04. The number of benzene rings is 2. The van der Waals surface area contributed by atoms with E-state index < -0.39 is 0 Å². The Morgan fingerprint density at radius 1 is 1.12 bits per heavy atom. The van der Waals surface area contributed by atoms with Gasteiger partial charge in [0.05, 0.1) is 13.2 Å². The van der Waals surface area contributed by atoms with E-state index in [1.807, 2.05) is 36.4 Å². The van der Waals surface area contributed by atoms with Crippen molar-refractivity contribution in [3.8, 4) is 5.75 Å². The molecular formula is C25H32N4O3. The van der Waals surface area contributed by atoms with E-state index in [1.54, 1.807) is 12.1 Å². The van der Waals surface area contributed by atoms with Crippen LogP contribution in [0, 0.1) is 5.92 Å². The third kappa shape index (κ3) is 5.59. The number of amides is 2. The predicted octanol–water partition coefficient (Wildman–Crippen LogP) is 2.98. The number of carbonyl (C=O) groups excluding carboxylic acids is 2. The first-order valence-corrected chi connectivity index (χ1v) is 11.4. The first-order chi connectivity index (χ1) is 15.5. The van der Waals surface area contributed by atoms with E-state index in [0.29, 0.717) is 30.7 Å². The van der Waals surface area contributed by atoms with Crippen LogP contribution in [-0.2, 0) is 4.79 Å². The molecule has 0 aliphatic carbocycles. The Balaban J connectivity index is 1.30. The monoisotopic (exact) mass is 436 g/mol. The lowest BCUT2D eigenvalue weighted by Crippen LogP contribution is -2.52. The van der Waals surface area contributed by atoms with E-state index in [0.717, 1.165) is 49.7 Å². The number of nitrogens with one attached hydrogen (secondary N) is 2. The van der Waals surface area contributed by atoms with Gasteiger partial charge in [0, 0.05) is 49.2 Å². The molecule has 2 aromatic carbocycles. The summed E-state index contributed by atoms with van der Waals surface area (Å²) in [5.41, 5.74) is 2.50. The number of hydrogen-bond acceptors (Lipinski definition) is 5. The average molecular weight is 437 g/mol. The molecule has 2 aliphatic rings. The first kappa shape index (κ1) is 22.1. The molecule has 0 radical (unpaired) electrons. The SMILES string of the molecule is CC(C)COc1ccc(C(=O)Nc2ccc(N3CCC(N4CCNC(=O)C4)C3)cc2)cc1. The highest BCUT2D eigenvalue weighted by Gasteiger charge is 2.30. The Hall–Kier alpha value is -3.06. The lowest BCUT2D eigenvalue weighted by atomic mass is 10.2. The number of ether oxygens (including phenoxy) is 1. The predicted molar refractivity (Wildman–Crippen MR) is 126 cm³/mol. The molecule has 0 spiro atoms. The molecule has 2 N–H and O–H groups in total. The molecule has 2 amide bonds. The quantitative estimate of drug-likeness (QED) is 0.698. The van der Waals surface area contributed by atoms with Crippen LogP contribution >= 0.6 is 0 Å². The van der Waals surface area contributed by atoms with Crippen molar-refractivity contribution >= 4 is 23.2 Å². The van der Waals surface area contributed by atoms with E-state index in [4.69, 9.17) is 4.74 Å². The van der Waals surface area contributed by atoms with E-state index in [1.165, 1.54) is 0 Å². The number of piperazine rings is 1. The van der Waals surface area contributed by atoms with Crippen LogP contribution in [0.3, 0.4) is 0 Å². The minimum atomic E-state index is -0.141. The fraction of sp³-hybridized carbons (Fsp3) is 0.440. The van der Waals surface area contributed by atoms with Crippen LogP contribution in [0.15, 0.2) is 48.5 Å². The van der Waals surface area contributed by atoms with Gasteiger partial charge in [0.15, 0.2) is 0 Å². The van der Waals surface area contributed by atoms with Crippen molar-refractivity contribution in [3.05, 3.63) is 54.1 Å². The Bertz CT molecular complexity index is 927. The lowest BCUT2D eigenvalue weighted by molar-refractivity contribution is -0.124. The molecule has 7 nitrogen and oxygen atoms in total. The van der Waals surface area contributed by atoms with Crippen LogP contribution in [0.5, 0.6) is 5.75 Å². The zero-order chi connectivity index (χ0) is 22.5. The summed E-state index contributed by atoms with van der Waals surface area (Å²) in [5, 5.41) is 5.85. The number of hydrogen-bond donors (Lipinski definition) is 2. The van der Waals surface area contributed by atoms with Gasteiger partial charge in [0.1, 0.15) is 5.75 Å². The van der Waals surface area contributed by atoms with Gasteiger partial charge in [-0.05, 0) is 60.9 Å². The number of carbonyl (C=O) groups is 2. The number of nitrogens with zero attached hydrogens (tertiary/aromatic N) is 2. The summed E-state index contributed by atoms with van der Waals surface area (Å²) in [7, 11) is 0. The van der Waals surface area contributed by atoms with Crippen LogP contribution in [0.1, 0.15) is 30.6 Å². The van der Waals surface area contributed by atoms with E-state index >= 15 is 0 Å². The normalized spacial score (nSPS) is 19.2.